The van der Waals surface area contributed by atoms with Crippen LogP contribution in [0.3, 0.4) is 0 Å². The average Bonchev–Trinajstić information content (AvgIpc) is 2.90. The van der Waals surface area contributed by atoms with Crippen LogP contribution in [0.5, 0.6) is 0 Å². The van der Waals surface area contributed by atoms with Crippen LogP contribution in [0.1, 0.15) is 21.6 Å². The fourth-order valence-corrected chi connectivity index (χ4v) is 3.06. The van der Waals surface area contributed by atoms with Crippen molar-refractivity contribution in [3.8, 4) is 0 Å². The fraction of sp³-hybridized carbons (Fsp3) is 0.111. The van der Waals surface area contributed by atoms with E-state index in [1.807, 2.05) is 13.0 Å². The first kappa shape index (κ1) is 17.8. The van der Waals surface area contributed by atoms with E-state index in [-0.39, 0.29) is 5.91 Å². The van der Waals surface area contributed by atoms with E-state index in [9.17, 15) is 4.79 Å². The molecule has 0 fully saturated rings. The Hall–Kier alpha value is -2.01. The molecule has 0 unspecified atom stereocenters. The molecule has 4 nitrogen and oxygen atoms in total. The van der Waals surface area contributed by atoms with Gasteiger partial charge in [0.05, 0.1) is 17.1 Å². The van der Waals surface area contributed by atoms with E-state index in [0.29, 0.717) is 33.0 Å². The van der Waals surface area contributed by atoms with Crippen molar-refractivity contribution in [2.24, 2.45) is 0 Å². The van der Waals surface area contributed by atoms with Crippen LogP contribution < -0.4 is 5.32 Å². The Labute approximate surface area is 160 Å². The molecule has 0 aliphatic rings. The van der Waals surface area contributed by atoms with Crippen LogP contribution >= 0.6 is 34.8 Å². The summed E-state index contributed by atoms with van der Waals surface area (Å²) in [4.78, 5) is 12.3. The Balaban J connectivity index is 1.78. The first-order chi connectivity index (χ1) is 11.9. The van der Waals surface area contributed by atoms with Crippen molar-refractivity contribution in [1.29, 1.82) is 0 Å². The monoisotopic (exact) mass is 393 g/mol. The maximum absolute atomic E-state index is 12.3. The summed E-state index contributed by atoms with van der Waals surface area (Å²) < 4.78 is 1.76. The van der Waals surface area contributed by atoms with E-state index in [2.05, 4.69) is 10.4 Å². The molecule has 25 heavy (non-hydrogen) atoms. The summed E-state index contributed by atoms with van der Waals surface area (Å²) >= 11 is 18.2. The van der Waals surface area contributed by atoms with Gasteiger partial charge in [0.2, 0.25) is 0 Å². The molecule has 3 aromatic rings. The molecular formula is C18H14Cl3N3O. The largest absolute Gasteiger partial charge is 0.305 e. The normalized spacial score (nSPS) is 10.7. The third-order valence-corrected chi connectivity index (χ3v) is 4.59. The predicted octanol–water partition coefficient (Wildman–Crippen LogP) is 5.45. The molecule has 1 amide bonds. The Morgan fingerprint density at radius 1 is 1.08 bits per heavy atom. The third-order valence-electron chi connectivity index (χ3n) is 3.68. The molecule has 0 bridgehead atoms. The molecule has 0 saturated carbocycles. The zero-order valence-corrected chi connectivity index (χ0v) is 15.5. The average molecular weight is 395 g/mol. The minimum atomic E-state index is -0.306. The number of amides is 1. The highest BCUT2D eigenvalue weighted by molar-refractivity contribution is 6.35. The number of carbonyl (C=O) groups excluding carboxylic acids is 1. The van der Waals surface area contributed by atoms with Crippen LogP contribution in [0, 0.1) is 6.92 Å². The highest BCUT2D eigenvalue weighted by Crippen LogP contribution is 2.23. The van der Waals surface area contributed by atoms with E-state index in [1.54, 1.807) is 47.1 Å². The lowest BCUT2D eigenvalue weighted by Crippen LogP contribution is -2.13. The van der Waals surface area contributed by atoms with Gasteiger partial charge in [-0.1, -0.05) is 53.0 Å². The lowest BCUT2D eigenvalue weighted by molar-refractivity contribution is 0.102. The number of halogens is 3. The number of aryl methyl sites for hydroxylation is 1. The number of hydrogen-bond acceptors (Lipinski definition) is 2. The minimum Gasteiger partial charge on any atom is -0.305 e. The zero-order valence-electron chi connectivity index (χ0n) is 13.3. The number of rotatable bonds is 4. The summed E-state index contributed by atoms with van der Waals surface area (Å²) in [5.41, 5.74) is 2.18. The number of carbonyl (C=O) groups is 1. The van der Waals surface area contributed by atoms with Crippen molar-refractivity contribution in [1.82, 2.24) is 9.78 Å². The van der Waals surface area contributed by atoms with Gasteiger partial charge in [-0.05, 0) is 36.8 Å². The molecular weight excluding hydrogens is 381 g/mol. The van der Waals surface area contributed by atoms with E-state index in [1.165, 1.54) is 0 Å². The Kier molecular flexibility index (Phi) is 5.33. The lowest BCUT2D eigenvalue weighted by Gasteiger charge is -2.07. The number of aromatic nitrogens is 2. The SMILES string of the molecule is Cc1cc(NC(=O)c2ccccc2Cl)nn1Cc1ccc(Cl)cc1Cl. The molecule has 0 aliphatic heterocycles. The quantitative estimate of drug-likeness (QED) is 0.639. The Morgan fingerprint density at radius 2 is 1.84 bits per heavy atom. The van der Waals surface area contributed by atoms with Crippen molar-refractivity contribution < 1.29 is 4.79 Å². The maximum Gasteiger partial charge on any atom is 0.258 e. The van der Waals surface area contributed by atoms with Crippen molar-refractivity contribution in [2.75, 3.05) is 5.32 Å². The molecule has 0 aliphatic carbocycles. The molecule has 0 atom stereocenters. The van der Waals surface area contributed by atoms with Crippen LogP contribution in [0.4, 0.5) is 5.82 Å². The van der Waals surface area contributed by atoms with Gasteiger partial charge in [-0.3, -0.25) is 9.48 Å². The van der Waals surface area contributed by atoms with Gasteiger partial charge in [0, 0.05) is 21.8 Å². The van der Waals surface area contributed by atoms with Crippen molar-refractivity contribution in [3.63, 3.8) is 0 Å². The predicted molar refractivity (Wildman–Crippen MR) is 102 cm³/mol. The van der Waals surface area contributed by atoms with Gasteiger partial charge < -0.3 is 5.32 Å². The van der Waals surface area contributed by atoms with Gasteiger partial charge in [-0.25, -0.2) is 0 Å². The number of anilines is 1. The second kappa shape index (κ2) is 7.48. The zero-order chi connectivity index (χ0) is 18.0. The molecule has 0 saturated heterocycles. The molecule has 0 spiro atoms. The molecule has 2 aromatic carbocycles. The molecule has 3 rings (SSSR count). The first-order valence-corrected chi connectivity index (χ1v) is 8.61. The van der Waals surface area contributed by atoms with E-state index < -0.39 is 0 Å². The summed E-state index contributed by atoms with van der Waals surface area (Å²) in [6.07, 6.45) is 0. The van der Waals surface area contributed by atoms with Gasteiger partial charge in [0.25, 0.3) is 5.91 Å². The Morgan fingerprint density at radius 3 is 2.56 bits per heavy atom. The minimum absolute atomic E-state index is 0.306. The molecule has 0 radical (unpaired) electrons. The van der Waals surface area contributed by atoms with E-state index in [0.717, 1.165) is 11.3 Å². The van der Waals surface area contributed by atoms with Crippen LogP contribution in [0.2, 0.25) is 15.1 Å². The second-order valence-electron chi connectivity index (χ2n) is 5.50. The van der Waals surface area contributed by atoms with E-state index >= 15 is 0 Å². The topological polar surface area (TPSA) is 46.9 Å². The summed E-state index contributed by atoms with van der Waals surface area (Å²) in [6.45, 7) is 2.38. The first-order valence-electron chi connectivity index (χ1n) is 7.48. The summed E-state index contributed by atoms with van der Waals surface area (Å²) in [6, 6.07) is 14.0. The molecule has 1 heterocycles. The van der Waals surface area contributed by atoms with Gasteiger partial charge in [0.15, 0.2) is 5.82 Å². The molecule has 1 aromatic heterocycles. The lowest BCUT2D eigenvalue weighted by atomic mass is 10.2. The smallest absolute Gasteiger partial charge is 0.258 e. The molecule has 7 heteroatoms. The fourth-order valence-electron chi connectivity index (χ4n) is 2.37. The number of benzene rings is 2. The second-order valence-corrected chi connectivity index (χ2v) is 6.75. The Bertz CT molecular complexity index is 937. The summed E-state index contributed by atoms with van der Waals surface area (Å²) in [5.74, 6) is 0.146. The standard InChI is InChI=1S/C18H14Cl3N3O/c1-11-8-17(22-18(25)14-4-2-3-5-15(14)20)23-24(11)10-12-6-7-13(19)9-16(12)21/h2-9H,10H2,1H3,(H,22,23,25). The van der Waals surface area contributed by atoms with E-state index in [4.69, 9.17) is 34.8 Å². The van der Waals surface area contributed by atoms with Crippen molar-refractivity contribution in [2.45, 2.75) is 13.5 Å². The van der Waals surface area contributed by atoms with Gasteiger partial charge in [0.1, 0.15) is 0 Å². The third kappa shape index (κ3) is 4.15. The highest BCUT2D eigenvalue weighted by atomic mass is 35.5. The van der Waals surface area contributed by atoms with Crippen LogP contribution in [0.25, 0.3) is 0 Å². The van der Waals surface area contributed by atoms with Crippen LogP contribution in [0.15, 0.2) is 48.5 Å². The number of hydrogen-bond donors (Lipinski definition) is 1. The van der Waals surface area contributed by atoms with Crippen molar-refractivity contribution >= 4 is 46.5 Å². The molecule has 128 valence electrons. The summed E-state index contributed by atoms with van der Waals surface area (Å²) in [7, 11) is 0. The number of nitrogens with zero attached hydrogens (tertiary/aromatic N) is 2. The van der Waals surface area contributed by atoms with Crippen LogP contribution in [-0.4, -0.2) is 15.7 Å². The molecule has 1 N–H and O–H groups in total. The maximum atomic E-state index is 12.3. The van der Waals surface area contributed by atoms with Crippen LogP contribution in [-0.2, 0) is 6.54 Å². The van der Waals surface area contributed by atoms with Gasteiger partial charge in [-0.2, -0.15) is 5.10 Å². The summed E-state index contributed by atoms with van der Waals surface area (Å²) in [5, 5.41) is 8.72. The highest BCUT2D eigenvalue weighted by Gasteiger charge is 2.13. The number of nitrogens with one attached hydrogen (secondary N) is 1. The van der Waals surface area contributed by atoms with Gasteiger partial charge in [-0.15, -0.1) is 0 Å². The van der Waals surface area contributed by atoms with Crippen molar-refractivity contribution in [3.05, 3.63) is 80.4 Å². The van der Waals surface area contributed by atoms with Gasteiger partial charge >= 0.3 is 0 Å².